The monoisotopic (exact) mass is 429 g/mol. The van der Waals surface area contributed by atoms with Gasteiger partial charge in [-0.05, 0) is 51.9 Å². The van der Waals surface area contributed by atoms with Gasteiger partial charge in [-0.2, -0.15) is 0 Å². The van der Waals surface area contributed by atoms with E-state index in [1.54, 1.807) is 20.4 Å². The number of unbranched alkanes of at least 4 members (excludes halogenated alkanes) is 1. The Kier molecular flexibility index (Phi) is 7.13. The first kappa shape index (κ1) is 22.1. The number of carbonyl (C=O) groups excluding carboxylic acids is 1. The Morgan fingerprint density at radius 3 is 2.81 bits per heavy atom. The molecule has 1 saturated carbocycles. The van der Waals surface area contributed by atoms with Gasteiger partial charge in [0.15, 0.2) is 0 Å². The molecule has 0 spiro atoms. The van der Waals surface area contributed by atoms with Gasteiger partial charge < -0.3 is 23.7 Å². The Hall–Kier alpha value is -2.12. The van der Waals surface area contributed by atoms with Gasteiger partial charge in [0.05, 0.1) is 18.7 Å². The van der Waals surface area contributed by atoms with E-state index < -0.39 is 0 Å². The predicted octanol–water partition coefficient (Wildman–Crippen LogP) is 4.09. The average molecular weight is 430 g/mol. The van der Waals surface area contributed by atoms with Gasteiger partial charge in [0.25, 0.3) is 5.91 Å². The summed E-state index contributed by atoms with van der Waals surface area (Å²) in [5.41, 5.74) is 3.00. The topological polar surface area (TPSA) is 65.8 Å². The molecule has 3 heterocycles. The van der Waals surface area contributed by atoms with Crippen LogP contribution in [-0.2, 0) is 20.8 Å². The number of rotatable bonds is 10. The maximum atomic E-state index is 13.4. The van der Waals surface area contributed by atoms with E-state index >= 15 is 0 Å². The van der Waals surface area contributed by atoms with E-state index in [2.05, 4.69) is 22.6 Å². The zero-order valence-corrected chi connectivity index (χ0v) is 19.0. The van der Waals surface area contributed by atoms with Crippen LogP contribution in [0.1, 0.15) is 63.5 Å². The SMILES string of the molecule is COCCCCn1cc([C@@H](C)N(C(=O)[C@H]2CCCCO2)C2CC2)c2nccc(OC)c21. The Labute approximate surface area is 184 Å². The fraction of sp³-hybridized carbons (Fsp3) is 0.667. The number of fused-ring (bicyclic) bond motifs is 1. The summed E-state index contributed by atoms with van der Waals surface area (Å²) in [7, 11) is 3.43. The number of aryl methyl sites for hydroxylation is 1. The normalized spacial score (nSPS) is 20.0. The molecule has 2 fully saturated rings. The van der Waals surface area contributed by atoms with E-state index in [1.807, 2.05) is 6.07 Å². The molecule has 170 valence electrons. The van der Waals surface area contributed by atoms with Crippen molar-refractivity contribution in [2.24, 2.45) is 0 Å². The van der Waals surface area contributed by atoms with Crippen LogP contribution in [0.4, 0.5) is 0 Å². The first-order valence-corrected chi connectivity index (χ1v) is 11.6. The Morgan fingerprint density at radius 2 is 2.13 bits per heavy atom. The highest BCUT2D eigenvalue weighted by atomic mass is 16.5. The van der Waals surface area contributed by atoms with Crippen molar-refractivity contribution >= 4 is 16.9 Å². The van der Waals surface area contributed by atoms with Crippen molar-refractivity contribution in [1.29, 1.82) is 0 Å². The second kappa shape index (κ2) is 10.0. The van der Waals surface area contributed by atoms with Gasteiger partial charge >= 0.3 is 0 Å². The number of hydrogen-bond donors (Lipinski definition) is 0. The van der Waals surface area contributed by atoms with Crippen LogP contribution in [0.3, 0.4) is 0 Å². The molecule has 0 bridgehead atoms. The van der Waals surface area contributed by atoms with Crippen LogP contribution >= 0.6 is 0 Å². The third-order valence-electron chi connectivity index (χ3n) is 6.48. The predicted molar refractivity (Wildman–Crippen MR) is 119 cm³/mol. The molecule has 2 aliphatic rings. The summed E-state index contributed by atoms with van der Waals surface area (Å²) in [4.78, 5) is 20.2. The van der Waals surface area contributed by atoms with E-state index in [4.69, 9.17) is 19.2 Å². The van der Waals surface area contributed by atoms with E-state index in [0.29, 0.717) is 12.6 Å². The lowest BCUT2D eigenvalue weighted by molar-refractivity contribution is -0.149. The summed E-state index contributed by atoms with van der Waals surface area (Å²) in [6.07, 6.45) is 10.7. The fourth-order valence-electron chi connectivity index (χ4n) is 4.69. The highest BCUT2D eigenvalue weighted by molar-refractivity contribution is 5.87. The standard InChI is InChI=1S/C24H35N3O4/c1-17(27(18-9-10-18)24(28)21-8-4-6-15-31-21)19-16-26(13-5-7-14-29-2)23-20(30-3)11-12-25-22(19)23/h11-12,16-18,21H,4-10,13-15H2,1-3H3/t17-,21-/m1/s1. The quantitative estimate of drug-likeness (QED) is 0.532. The largest absolute Gasteiger partial charge is 0.494 e. The van der Waals surface area contributed by atoms with Crippen LogP contribution in [0.2, 0.25) is 0 Å². The van der Waals surface area contributed by atoms with E-state index in [-0.39, 0.29) is 18.1 Å². The van der Waals surface area contributed by atoms with Crippen LogP contribution in [-0.4, -0.2) is 59.9 Å². The van der Waals surface area contributed by atoms with Crippen LogP contribution in [0, 0.1) is 0 Å². The Bertz CT molecular complexity index is 886. The minimum Gasteiger partial charge on any atom is -0.494 e. The molecule has 0 radical (unpaired) electrons. The lowest BCUT2D eigenvalue weighted by atomic mass is 10.0. The number of ether oxygens (including phenoxy) is 3. The zero-order chi connectivity index (χ0) is 21.8. The van der Waals surface area contributed by atoms with Crippen LogP contribution in [0.25, 0.3) is 11.0 Å². The molecule has 2 atom stereocenters. The number of nitrogens with zero attached hydrogens (tertiary/aromatic N) is 3. The molecule has 0 unspecified atom stereocenters. The van der Waals surface area contributed by atoms with Crippen molar-refractivity contribution in [2.75, 3.05) is 27.4 Å². The molecule has 7 nitrogen and oxygen atoms in total. The maximum absolute atomic E-state index is 13.4. The van der Waals surface area contributed by atoms with Gasteiger partial charge in [-0.3, -0.25) is 9.78 Å². The first-order chi connectivity index (χ1) is 15.2. The average Bonchev–Trinajstić information content (AvgIpc) is 3.57. The number of methoxy groups -OCH3 is 2. The minimum atomic E-state index is -0.304. The molecule has 1 aliphatic carbocycles. The summed E-state index contributed by atoms with van der Waals surface area (Å²) < 4.78 is 18.9. The molecule has 2 aromatic rings. The van der Waals surface area contributed by atoms with Gasteiger partial charge in [0, 0.05) is 56.9 Å². The van der Waals surface area contributed by atoms with Crippen molar-refractivity contribution in [3.8, 4) is 5.75 Å². The zero-order valence-electron chi connectivity index (χ0n) is 19.0. The number of pyridine rings is 1. The van der Waals surface area contributed by atoms with E-state index in [9.17, 15) is 4.79 Å². The van der Waals surface area contributed by atoms with Crippen molar-refractivity contribution in [1.82, 2.24) is 14.5 Å². The van der Waals surface area contributed by atoms with Crippen molar-refractivity contribution in [3.63, 3.8) is 0 Å². The van der Waals surface area contributed by atoms with Crippen LogP contribution in [0.5, 0.6) is 5.75 Å². The molecule has 7 heteroatoms. The lowest BCUT2D eigenvalue weighted by Crippen LogP contribution is -2.44. The summed E-state index contributed by atoms with van der Waals surface area (Å²) in [6.45, 7) is 4.42. The Morgan fingerprint density at radius 1 is 1.29 bits per heavy atom. The Balaban J connectivity index is 1.65. The summed E-state index contributed by atoms with van der Waals surface area (Å²) in [5.74, 6) is 0.952. The van der Waals surface area contributed by atoms with Crippen molar-refractivity contribution in [3.05, 3.63) is 24.0 Å². The molecule has 4 rings (SSSR count). The summed E-state index contributed by atoms with van der Waals surface area (Å²) in [5, 5.41) is 0. The number of hydrogen-bond acceptors (Lipinski definition) is 5. The van der Waals surface area contributed by atoms with Gasteiger partial charge in [-0.25, -0.2) is 0 Å². The highest BCUT2D eigenvalue weighted by Gasteiger charge is 2.40. The summed E-state index contributed by atoms with van der Waals surface area (Å²) >= 11 is 0. The highest BCUT2D eigenvalue weighted by Crippen LogP contribution is 2.39. The lowest BCUT2D eigenvalue weighted by Gasteiger charge is -2.33. The third-order valence-corrected chi connectivity index (χ3v) is 6.48. The number of aromatic nitrogens is 2. The van der Waals surface area contributed by atoms with E-state index in [0.717, 1.165) is 80.4 Å². The van der Waals surface area contributed by atoms with Crippen LogP contribution < -0.4 is 4.74 Å². The molecule has 1 aliphatic heterocycles. The van der Waals surface area contributed by atoms with Crippen molar-refractivity contribution < 1.29 is 19.0 Å². The van der Waals surface area contributed by atoms with Crippen LogP contribution in [0.15, 0.2) is 18.5 Å². The summed E-state index contributed by atoms with van der Waals surface area (Å²) in [6, 6.07) is 2.15. The fourth-order valence-corrected chi connectivity index (χ4v) is 4.69. The van der Waals surface area contributed by atoms with Gasteiger partial charge in [0.1, 0.15) is 17.4 Å². The molecule has 31 heavy (non-hydrogen) atoms. The second-order valence-electron chi connectivity index (χ2n) is 8.70. The molecule has 0 aromatic carbocycles. The second-order valence-corrected chi connectivity index (χ2v) is 8.70. The van der Waals surface area contributed by atoms with E-state index in [1.165, 1.54) is 0 Å². The molecular formula is C24H35N3O4. The first-order valence-electron chi connectivity index (χ1n) is 11.6. The van der Waals surface area contributed by atoms with Gasteiger partial charge in [0.2, 0.25) is 0 Å². The van der Waals surface area contributed by atoms with Crippen molar-refractivity contribution in [2.45, 2.75) is 76.6 Å². The molecule has 1 amide bonds. The smallest absolute Gasteiger partial charge is 0.252 e. The number of amides is 1. The van der Waals surface area contributed by atoms with Gasteiger partial charge in [-0.1, -0.05) is 0 Å². The molecule has 1 saturated heterocycles. The third kappa shape index (κ3) is 4.72. The molecule has 2 aromatic heterocycles. The minimum absolute atomic E-state index is 0.0622. The number of carbonyl (C=O) groups is 1. The maximum Gasteiger partial charge on any atom is 0.252 e. The molecule has 0 N–H and O–H groups in total. The van der Waals surface area contributed by atoms with Gasteiger partial charge in [-0.15, -0.1) is 0 Å². The molecular weight excluding hydrogens is 394 g/mol.